The molecule has 0 aliphatic carbocycles. The molecule has 0 radical (unpaired) electrons. The van der Waals surface area contributed by atoms with Crippen LogP contribution in [0, 0.1) is 5.41 Å². The predicted octanol–water partition coefficient (Wildman–Crippen LogP) is 2.80. The molecule has 0 amide bonds. The Morgan fingerprint density at radius 1 is 1.20 bits per heavy atom. The molecule has 0 aromatic heterocycles. The summed E-state index contributed by atoms with van der Waals surface area (Å²) in [6.45, 7) is 8.98. The van der Waals surface area contributed by atoms with Crippen LogP contribution < -0.4 is 10.1 Å². The smallest absolute Gasteiger partial charge is 0.118 e. The Morgan fingerprint density at radius 2 is 1.80 bits per heavy atom. The van der Waals surface area contributed by atoms with Crippen molar-refractivity contribution in [3.05, 3.63) is 29.8 Å². The summed E-state index contributed by atoms with van der Waals surface area (Å²) in [6, 6.07) is 8.81. The van der Waals surface area contributed by atoms with E-state index in [2.05, 4.69) is 57.2 Å². The van der Waals surface area contributed by atoms with Crippen molar-refractivity contribution in [2.45, 2.75) is 33.2 Å². The minimum Gasteiger partial charge on any atom is -0.497 e. The summed E-state index contributed by atoms with van der Waals surface area (Å²) < 4.78 is 5.18. The zero-order valence-electron chi connectivity index (χ0n) is 13.9. The molecule has 1 aromatic carbocycles. The summed E-state index contributed by atoms with van der Waals surface area (Å²) in [5.74, 6) is 0.918. The number of hydrogen-bond acceptors (Lipinski definition) is 3. The number of methoxy groups -OCH3 is 1. The van der Waals surface area contributed by atoms with Crippen molar-refractivity contribution in [3.8, 4) is 5.75 Å². The topological polar surface area (TPSA) is 24.5 Å². The van der Waals surface area contributed by atoms with E-state index in [1.54, 1.807) is 7.11 Å². The zero-order chi connectivity index (χ0) is 15.2. The third-order valence-corrected chi connectivity index (χ3v) is 3.37. The highest BCUT2D eigenvalue weighted by atomic mass is 16.5. The molecule has 114 valence electrons. The maximum atomic E-state index is 5.18. The predicted molar refractivity (Wildman–Crippen MR) is 86.5 cm³/mol. The van der Waals surface area contributed by atoms with Crippen LogP contribution in [0.25, 0.3) is 0 Å². The Hall–Kier alpha value is -1.06. The molecule has 1 rings (SSSR count). The molecule has 1 atom stereocenters. The first kappa shape index (κ1) is 17.0. The highest BCUT2D eigenvalue weighted by Gasteiger charge is 2.19. The van der Waals surface area contributed by atoms with Gasteiger partial charge in [0.25, 0.3) is 0 Å². The molecule has 0 saturated carbocycles. The molecule has 20 heavy (non-hydrogen) atoms. The van der Waals surface area contributed by atoms with Gasteiger partial charge in [-0.2, -0.15) is 0 Å². The van der Waals surface area contributed by atoms with Gasteiger partial charge in [0.15, 0.2) is 0 Å². The van der Waals surface area contributed by atoms with Gasteiger partial charge in [-0.15, -0.1) is 0 Å². The van der Waals surface area contributed by atoms with Gasteiger partial charge in [0.2, 0.25) is 0 Å². The Labute approximate surface area is 124 Å². The SMILES string of the molecule is COc1ccc(CC(C)NCC(C)(C)CN(C)C)cc1. The van der Waals surface area contributed by atoms with E-state index in [1.165, 1.54) is 5.56 Å². The van der Waals surface area contributed by atoms with E-state index in [1.807, 2.05) is 12.1 Å². The molecular weight excluding hydrogens is 248 g/mol. The van der Waals surface area contributed by atoms with Gasteiger partial charge in [-0.1, -0.05) is 26.0 Å². The maximum absolute atomic E-state index is 5.18. The molecule has 1 unspecified atom stereocenters. The first-order valence-corrected chi connectivity index (χ1v) is 7.33. The number of ether oxygens (including phenoxy) is 1. The first-order valence-electron chi connectivity index (χ1n) is 7.33. The standard InChI is InChI=1S/C17H30N2O/c1-14(18-12-17(2,3)13-19(4)5)11-15-7-9-16(20-6)10-8-15/h7-10,14,18H,11-13H2,1-6H3. The lowest BCUT2D eigenvalue weighted by atomic mass is 9.92. The molecule has 0 heterocycles. The van der Waals surface area contributed by atoms with Crippen molar-refractivity contribution < 1.29 is 4.74 Å². The van der Waals surface area contributed by atoms with E-state index in [0.29, 0.717) is 6.04 Å². The number of rotatable bonds is 8. The van der Waals surface area contributed by atoms with Crippen molar-refractivity contribution in [1.82, 2.24) is 10.2 Å². The average molecular weight is 278 g/mol. The second kappa shape index (κ2) is 7.65. The molecule has 1 N–H and O–H groups in total. The van der Waals surface area contributed by atoms with Gasteiger partial charge in [-0.25, -0.2) is 0 Å². The van der Waals surface area contributed by atoms with Crippen molar-refractivity contribution in [2.24, 2.45) is 5.41 Å². The lowest BCUT2D eigenvalue weighted by Gasteiger charge is -2.30. The highest BCUT2D eigenvalue weighted by Crippen LogP contribution is 2.16. The van der Waals surface area contributed by atoms with Crippen LogP contribution in [0.1, 0.15) is 26.3 Å². The fourth-order valence-electron chi connectivity index (χ4n) is 2.55. The largest absolute Gasteiger partial charge is 0.497 e. The monoisotopic (exact) mass is 278 g/mol. The molecule has 0 saturated heterocycles. The second-order valence-corrected chi connectivity index (χ2v) is 6.74. The number of benzene rings is 1. The summed E-state index contributed by atoms with van der Waals surface area (Å²) in [5, 5.41) is 3.65. The Kier molecular flexibility index (Phi) is 6.50. The average Bonchev–Trinajstić information content (AvgIpc) is 2.36. The van der Waals surface area contributed by atoms with Crippen molar-refractivity contribution in [2.75, 3.05) is 34.3 Å². The molecule has 3 heteroatoms. The lowest BCUT2D eigenvalue weighted by molar-refractivity contribution is 0.226. The van der Waals surface area contributed by atoms with Gasteiger partial charge in [0.1, 0.15) is 5.75 Å². The summed E-state index contributed by atoms with van der Waals surface area (Å²) in [7, 11) is 5.96. The summed E-state index contributed by atoms with van der Waals surface area (Å²) in [6.07, 6.45) is 1.04. The van der Waals surface area contributed by atoms with Crippen molar-refractivity contribution in [3.63, 3.8) is 0 Å². The Balaban J connectivity index is 2.41. The van der Waals surface area contributed by atoms with E-state index >= 15 is 0 Å². The van der Waals surface area contributed by atoms with Crippen LogP contribution in [0.15, 0.2) is 24.3 Å². The van der Waals surface area contributed by atoms with E-state index < -0.39 is 0 Å². The van der Waals surface area contributed by atoms with E-state index in [4.69, 9.17) is 4.74 Å². The normalized spacial score (nSPS) is 13.6. The van der Waals surface area contributed by atoms with Crippen LogP contribution in [-0.4, -0.2) is 45.2 Å². The highest BCUT2D eigenvalue weighted by molar-refractivity contribution is 5.27. The minimum atomic E-state index is 0.289. The van der Waals surface area contributed by atoms with Gasteiger partial charge >= 0.3 is 0 Å². The Morgan fingerprint density at radius 3 is 2.30 bits per heavy atom. The number of hydrogen-bond donors (Lipinski definition) is 1. The molecule has 0 fully saturated rings. The summed E-state index contributed by atoms with van der Waals surface area (Å²) in [5.41, 5.74) is 1.63. The zero-order valence-corrected chi connectivity index (χ0v) is 13.9. The second-order valence-electron chi connectivity index (χ2n) is 6.74. The van der Waals surface area contributed by atoms with Crippen LogP contribution >= 0.6 is 0 Å². The third kappa shape index (κ3) is 6.40. The quantitative estimate of drug-likeness (QED) is 0.791. The summed E-state index contributed by atoms with van der Waals surface area (Å²) in [4.78, 5) is 2.25. The molecule has 0 aliphatic rings. The van der Waals surface area contributed by atoms with Gasteiger partial charge in [-0.3, -0.25) is 0 Å². The van der Waals surface area contributed by atoms with Gasteiger partial charge in [-0.05, 0) is 50.6 Å². The van der Waals surface area contributed by atoms with E-state index in [9.17, 15) is 0 Å². The van der Waals surface area contributed by atoms with E-state index in [-0.39, 0.29) is 5.41 Å². The minimum absolute atomic E-state index is 0.289. The van der Waals surface area contributed by atoms with Crippen LogP contribution in [-0.2, 0) is 6.42 Å². The number of nitrogens with zero attached hydrogens (tertiary/aromatic N) is 1. The van der Waals surface area contributed by atoms with Gasteiger partial charge < -0.3 is 15.0 Å². The van der Waals surface area contributed by atoms with Crippen molar-refractivity contribution >= 4 is 0 Å². The molecule has 0 aliphatic heterocycles. The van der Waals surface area contributed by atoms with Crippen LogP contribution in [0.3, 0.4) is 0 Å². The van der Waals surface area contributed by atoms with Gasteiger partial charge in [0, 0.05) is 19.1 Å². The fraction of sp³-hybridized carbons (Fsp3) is 0.647. The molecule has 0 bridgehead atoms. The molecule has 3 nitrogen and oxygen atoms in total. The van der Waals surface area contributed by atoms with Crippen molar-refractivity contribution in [1.29, 1.82) is 0 Å². The lowest BCUT2D eigenvalue weighted by Crippen LogP contribution is -2.41. The third-order valence-electron chi connectivity index (χ3n) is 3.37. The van der Waals surface area contributed by atoms with Crippen LogP contribution in [0.2, 0.25) is 0 Å². The van der Waals surface area contributed by atoms with Crippen LogP contribution in [0.5, 0.6) is 5.75 Å². The first-order chi connectivity index (χ1) is 9.32. The molecule has 1 aromatic rings. The molecular formula is C17H30N2O. The fourth-order valence-corrected chi connectivity index (χ4v) is 2.55. The maximum Gasteiger partial charge on any atom is 0.118 e. The number of nitrogens with one attached hydrogen (secondary N) is 1. The molecule has 0 spiro atoms. The van der Waals surface area contributed by atoms with Gasteiger partial charge in [0.05, 0.1) is 7.11 Å². The van der Waals surface area contributed by atoms with Crippen LogP contribution in [0.4, 0.5) is 0 Å². The Bertz CT molecular complexity index is 384. The van der Waals surface area contributed by atoms with E-state index in [0.717, 1.165) is 25.3 Å². The summed E-state index contributed by atoms with van der Waals surface area (Å²) >= 11 is 0.